The van der Waals surface area contributed by atoms with Crippen LogP contribution in [0.3, 0.4) is 0 Å². The molecule has 2 fully saturated rings. The van der Waals surface area contributed by atoms with E-state index < -0.39 is 17.1 Å². The summed E-state index contributed by atoms with van der Waals surface area (Å²) in [7, 11) is 1.57. The number of benzene rings is 2. The number of rotatable bonds is 10. The maximum atomic E-state index is 13.0. The lowest BCUT2D eigenvalue weighted by Crippen LogP contribution is -2.36. The standard InChI is InChI=1S/C28H31N3O6S/c1-4-6-20-15-19(16-23(37-5-2)26(20)35-3)17-24-27(33)31(28(34)38-24)18-25(32)29-21-7-9-22(10-8-21)30-11-13-36-14-12-30/h4,7-10,15-17H,1,5-6,11-14,18H2,2-3H3,(H,29,32)/b24-17+. The second-order valence-electron chi connectivity index (χ2n) is 8.60. The summed E-state index contributed by atoms with van der Waals surface area (Å²) < 4.78 is 16.6. The van der Waals surface area contributed by atoms with Gasteiger partial charge in [0.15, 0.2) is 11.5 Å². The zero-order chi connectivity index (χ0) is 27.1. The molecular formula is C28H31N3O6S. The molecule has 10 heteroatoms. The van der Waals surface area contributed by atoms with Gasteiger partial charge in [-0.1, -0.05) is 6.08 Å². The van der Waals surface area contributed by atoms with E-state index in [9.17, 15) is 14.4 Å². The molecule has 2 heterocycles. The molecule has 2 aliphatic heterocycles. The third kappa shape index (κ3) is 6.38. The number of imide groups is 1. The number of carbonyl (C=O) groups is 3. The first kappa shape index (κ1) is 27.3. The SMILES string of the molecule is C=CCc1cc(/C=C2/SC(=O)N(CC(=O)Nc3ccc(N4CCOCC4)cc3)C2=O)cc(OCC)c1OC. The highest BCUT2D eigenvalue weighted by Gasteiger charge is 2.36. The Labute approximate surface area is 226 Å². The van der Waals surface area contributed by atoms with Crippen molar-refractivity contribution in [3.8, 4) is 11.5 Å². The van der Waals surface area contributed by atoms with Gasteiger partial charge in [-0.2, -0.15) is 0 Å². The molecule has 0 saturated carbocycles. The summed E-state index contributed by atoms with van der Waals surface area (Å²) in [5, 5.41) is 2.27. The first-order valence-corrected chi connectivity index (χ1v) is 13.2. The van der Waals surface area contributed by atoms with Crippen molar-refractivity contribution in [3.63, 3.8) is 0 Å². The molecule has 200 valence electrons. The Bertz CT molecular complexity index is 1240. The topological polar surface area (TPSA) is 97.4 Å². The van der Waals surface area contributed by atoms with Crippen LogP contribution in [0.25, 0.3) is 6.08 Å². The number of morpholine rings is 1. The maximum Gasteiger partial charge on any atom is 0.294 e. The Kier molecular flexibility index (Phi) is 9.09. The van der Waals surface area contributed by atoms with E-state index in [0.717, 1.165) is 41.0 Å². The quantitative estimate of drug-likeness (QED) is 0.353. The summed E-state index contributed by atoms with van der Waals surface area (Å²) in [6.45, 7) is 8.73. The highest BCUT2D eigenvalue weighted by Crippen LogP contribution is 2.37. The largest absolute Gasteiger partial charge is 0.493 e. The van der Waals surface area contributed by atoms with Gasteiger partial charge in [0.25, 0.3) is 11.1 Å². The number of thioether (sulfide) groups is 1. The summed E-state index contributed by atoms with van der Waals surface area (Å²) in [5.41, 5.74) is 3.16. The minimum Gasteiger partial charge on any atom is -0.493 e. The molecule has 0 spiro atoms. The van der Waals surface area contributed by atoms with E-state index in [1.807, 2.05) is 25.1 Å². The highest BCUT2D eigenvalue weighted by atomic mass is 32.2. The molecule has 2 aliphatic rings. The second-order valence-corrected chi connectivity index (χ2v) is 9.59. The molecule has 0 aliphatic carbocycles. The smallest absolute Gasteiger partial charge is 0.294 e. The van der Waals surface area contributed by atoms with E-state index in [1.165, 1.54) is 0 Å². The van der Waals surface area contributed by atoms with Gasteiger partial charge in [-0.3, -0.25) is 19.3 Å². The monoisotopic (exact) mass is 537 g/mol. The van der Waals surface area contributed by atoms with E-state index in [-0.39, 0.29) is 11.4 Å². The lowest BCUT2D eigenvalue weighted by molar-refractivity contribution is -0.127. The molecule has 9 nitrogen and oxygen atoms in total. The van der Waals surface area contributed by atoms with Crippen LogP contribution in [0, 0.1) is 0 Å². The van der Waals surface area contributed by atoms with E-state index in [0.29, 0.717) is 49.0 Å². The van der Waals surface area contributed by atoms with E-state index in [2.05, 4.69) is 16.8 Å². The van der Waals surface area contributed by atoms with Crippen LogP contribution in [0.15, 0.2) is 54.0 Å². The highest BCUT2D eigenvalue weighted by molar-refractivity contribution is 8.18. The Morgan fingerprint density at radius 3 is 2.58 bits per heavy atom. The van der Waals surface area contributed by atoms with Crippen LogP contribution in [0.1, 0.15) is 18.1 Å². The van der Waals surface area contributed by atoms with Gasteiger partial charge in [0.1, 0.15) is 6.54 Å². The summed E-state index contributed by atoms with van der Waals surface area (Å²) in [6, 6.07) is 11.1. The van der Waals surface area contributed by atoms with Crippen LogP contribution >= 0.6 is 11.8 Å². The number of carbonyl (C=O) groups excluding carboxylic acids is 3. The van der Waals surface area contributed by atoms with Gasteiger partial charge in [0, 0.05) is 30.0 Å². The Morgan fingerprint density at radius 2 is 1.92 bits per heavy atom. The second kappa shape index (κ2) is 12.7. The van der Waals surface area contributed by atoms with Crippen LogP contribution in [0.2, 0.25) is 0 Å². The Morgan fingerprint density at radius 1 is 1.18 bits per heavy atom. The van der Waals surface area contributed by atoms with Gasteiger partial charge in [0.2, 0.25) is 5.91 Å². The van der Waals surface area contributed by atoms with Crippen LogP contribution in [-0.4, -0.2) is 68.5 Å². The molecule has 38 heavy (non-hydrogen) atoms. The van der Waals surface area contributed by atoms with Gasteiger partial charge in [0.05, 0.1) is 31.8 Å². The van der Waals surface area contributed by atoms with E-state index in [4.69, 9.17) is 14.2 Å². The number of nitrogens with one attached hydrogen (secondary N) is 1. The predicted molar refractivity (Wildman–Crippen MR) is 149 cm³/mol. The van der Waals surface area contributed by atoms with Crippen LogP contribution in [0.4, 0.5) is 16.2 Å². The molecule has 0 aromatic heterocycles. The zero-order valence-corrected chi connectivity index (χ0v) is 22.3. The summed E-state index contributed by atoms with van der Waals surface area (Å²) in [4.78, 5) is 41.7. The third-order valence-electron chi connectivity index (χ3n) is 6.02. The summed E-state index contributed by atoms with van der Waals surface area (Å²) in [5.74, 6) is 0.173. The van der Waals surface area contributed by atoms with Crippen molar-refractivity contribution in [2.45, 2.75) is 13.3 Å². The first-order valence-electron chi connectivity index (χ1n) is 12.4. The van der Waals surface area contributed by atoms with Gasteiger partial charge >= 0.3 is 0 Å². The van der Waals surface area contributed by atoms with Crippen molar-refractivity contribution >= 4 is 46.3 Å². The van der Waals surface area contributed by atoms with Gasteiger partial charge in [-0.25, -0.2) is 0 Å². The van der Waals surface area contributed by atoms with Crippen LogP contribution in [0.5, 0.6) is 11.5 Å². The summed E-state index contributed by atoms with van der Waals surface area (Å²) >= 11 is 0.802. The molecule has 3 amide bonds. The average Bonchev–Trinajstić information content (AvgIpc) is 3.17. The lowest BCUT2D eigenvalue weighted by atomic mass is 10.0. The number of hydrogen-bond donors (Lipinski definition) is 1. The average molecular weight is 538 g/mol. The van der Waals surface area contributed by atoms with Crippen molar-refractivity contribution in [1.29, 1.82) is 0 Å². The molecule has 2 aromatic carbocycles. The van der Waals surface area contributed by atoms with Crippen molar-refractivity contribution in [3.05, 3.63) is 65.1 Å². The van der Waals surface area contributed by atoms with Gasteiger partial charge < -0.3 is 24.4 Å². The number of amides is 3. The van der Waals surface area contributed by atoms with Crippen molar-refractivity contribution in [2.75, 3.05) is 56.8 Å². The fourth-order valence-corrected chi connectivity index (χ4v) is 5.12. The third-order valence-corrected chi connectivity index (χ3v) is 6.93. The fourth-order valence-electron chi connectivity index (χ4n) is 4.28. The molecule has 0 radical (unpaired) electrons. The van der Waals surface area contributed by atoms with E-state index in [1.54, 1.807) is 37.5 Å². The number of nitrogens with zero attached hydrogens (tertiary/aromatic N) is 2. The Balaban J connectivity index is 1.44. The molecule has 0 unspecified atom stereocenters. The molecule has 2 aromatic rings. The van der Waals surface area contributed by atoms with Gasteiger partial charge in [-0.05, 0) is 73.1 Å². The minimum atomic E-state index is -0.517. The fraction of sp³-hybridized carbons (Fsp3) is 0.321. The molecule has 4 rings (SSSR count). The number of allylic oxidation sites excluding steroid dienone is 1. The predicted octanol–water partition coefficient (Wildman–Crippen LogP) is 4.33. The molecule has 0 bridgehead atoms. The lowest BCUT2D eigenvalue weighted by Gasteiger charge is -2.28. The van der Waals surface area contributed by atoms with Crippen LogP contribution in [-0.2, 0) is 20.7 Å². The number of ether oxygens (including phenoxy) is 3. The molecule has 2 saturated heterocycles. The normalized spacial score (nSPS) is 16.6. The molecule has 0 atom stereocenters. The summed E-state index contributed by atoms with van der Waals surface area (Å²) in [6.07, 6.45) is 3.92. The van der Waals surface area contributed by atoms with Gasteiger partial charge in [-0.15, -0.1) is 6.58 Å². The van der Waals surface area contributed by atoms with Crippen molar-refractivity contribution < 1.29 is 28.6 Å². The zero-order valence-electron chi connectivity index (χ0n) is 21.5. The molecular weight excluding hydrogens is 506 g/mol. The Hall–Kier alpha value is -3.76. The minimum absolute atomic E-state index is 0.231. The van der Waals surface area contributed by atoms with Crippen LogP contribution < -0.4 is 19.7 Å². The molecule has 1 N–H and O–H groups in total. The number of anilines is 2. The first-order chi connectivity index (χ1) is 18.4. The number of hydrogen-bond acceptors (Lipinski definition) is 8. The maximum absolute atomic E-state index is 13.0. The van der Waals surface area contributed by atoms with Crippen molar-refractivity contribution in [2.24, 2.45) is 0 Å². The van der Waals surface area contributed by atoms with E-state index >= 15 is 0 Å². The number of methoxy groups -OCH3 is 1. The van der Waals surface area contributed by atoms with Crippen molar-refractivity contribution in [1.82, 2.24) is 4.90 Å².